The first kappa shape index (κ1) is 23.9. The first-order valence-corrected chi connectivity index (χ1v) is 11.2. The molecule has 1 aromatic heterocycles. The number of carbonyl (C=O) groups excluding carboxylic acids is 1. The Kier molecular flexibility index (Phi) is 6.98. The van der Waals surface area contributed by atoms with Gasteiger partial charge >= 0.3 is 6.09 Å². The van der Waals surface area contributed by atoms with Gasteiger partial charge in [-0.25, -0.2) is 14.2 Å². The van der Waals surface area contributed by atoms with Crippen LogP contribution in [0.3, 0.4) is 0 Å². The van der Waals surface area contributed by atoms with Gasteiger partial charge in [0.05, 0.1) is 16.6 Å². The highest BCUT2D eigenvalue weighted by Gasteiger charge is 2.45. The number of nitrogens with zero attached hydrogens (tertiary/aromatic N) is 4. The third-order valence-electron chi connectivity index (χ3n) is 5.35. The number of amides is 1. The molecule has 1 aromatic carbocycles. The van der Waals surface area contributed by atoms with Crippen molar-refractivity contribution in [3.63, 3.8) is 0 Å². The van der Waals surface area contributed by atoms with Gasteiger partial charge in [0.1, 0.15) is 16.9 Å². The molecule has 2 heterocycles. The van der Waals surface area contributed by atoms with E-state index in [1.807, 2.05) is 32.6 Å². The normalized spacial score (nSPS) is 19.7. The summed E-state index contributed by atoms with van der Waals surface area (Å²) in [5, 5.41) is 0.515. The minimum atomic E-state index is -0.646. The molecule has 1 aliphatic rings. The fraction of sp³-hybridized carbons (Fsp3) is 0.571. The van der Waals surface area contributed by atoms with Crippen LogP contribution < -0.4 is 4.90 Å². The third-order valence-corrected chi connectivity index (χ3v) is 6.13. The van der Waals surface area contributed by atoms with Gasteiger partial charge in [-0.2, -0.15) is 4.98 Å². The topological polar surface area (TPSA) is 67.8 Å². The number of carbonyl (C=O) groups is 1. The maximum Gasteiger partial charge on any atom is 0.410 e. The van der Waals surface area contributed by atoms with E-state index >= 15 is 0 Å². The van der Waals surface area contributed by atoms with E-state index in [9.17, 15) is 9.18 Å². The van der Waals surface area contributed by atoms with Crippen molar-refractivity contribution in [2.75, 3.05) is 38.3 Å². The van der Waals surface area contributed by atoms with E-state index in [4.69, 9.17) is 21.1 Å². The van der Waals surface area contributed by atoms with Gasteiger partial charge in [-0.1, -0.05) is 6.92 Å². The number of hydrogen-bond acceptors (Lipinski definition) is 6. The predicted octanol–water partition coefficient (Wildman–Crippen LogP) is 5.04. The molecular weight excluding hydrogens is 491 g/mol. The molecule has 0 radical (unpaired) electrons. The Balaban J connectivity index is 2.03. The van der Waals surface area contributed by atoms with Crippen LogP contribution in [0, 0.1) is 5.82 Å². The van der Waals surface area contributed by atoms with Gasteiger partial charge in [0.25, 0.3) is 0 Å². The van der Waals surface area contributed by atoms with Gasteiger partial charge in [0.15, 0.2) is 5.82 Å². The number of ether oxygens (including phenoxy) is 2. The fourth-order valence-electron chi connectivity index (χ4n) is 3.89. The number of anilines is 1. The van der Waals surface area contributed by atoms with Gasteiger partial charge in [-0.15, -0.1) is 0 Å². The van der Waals surface area contributed by atoms with Crippen molar-refractivity contribution in [1.29, 1.82) is 0 Å². The van der Waals surface area contributed by atoms with Crippen molar-refractivity contribution >= 4 is 50.3 Å². The maximum atomic E-state index is 14.7. The fourth-order valence-corrected chi connectivity index (χ4v) is 4.38. The first-order valence-electron chi connectivity index (χ1n) is 10.1. The van der Waals surface area contributed by atoms with Crippen molar-refractivity contribution in [2.24, 2.45) is 0 Å². The zero-order chi connectivity index (χ0) is 23.0. The molecule has 7 nitrogen and oxygen atoms in total. The number of fused-ring (bicyclic) bond motifs is 1. The lowest BCUT2D eigenvalue weighted by atomic mass is 9.91. The number of benzene rings is 1. The number of piperazine rings is 1. The van der Waals surface area contributed by atoms with E-state index < -0.39 is 17.0 Å². The molecule has 0 aliphatic carbocycles. The monoisotopic (exact) mass is 516 g/mol. The number of aromatic nitrogens is 2. The van der Waals surface area contributed by atoms with Crippen molar-refractivity contribution < 1.29 is 18.7 Å². The van der Waals surface area contributed by atoms with Crippen LogP contribution in [0.15, 0.2) is 16.6 Å². The summed E-state index contributed by atoms with van der Waals surface area (Å²) >= 11 is 9.34. The Morgan fingerprint density at radius 2 is 2.03 bits per heavy atom. The van der Waals surface area contributed by atoms with Crippen LogP contribution in [-0.4, -0.2) is 65.5 Å². The molecular formula is C21H27BrClFN4O3. The summed E-state index contributed by atoms with van der Waals surface area (Å²) in [5.74, 6) is 0.0354. The first-order chi connectivity index (χ1) is 14.5. The average molecular weight is 518 g/mol. The highest BCUT2D eigenvalue weighted by molar-refractivity contribution is 9.10. The Labute approximate surface area is 195 Å². The van der Waals surface area contributed by atoms with Gasteiger partial charge in [0.2, 0.25) is 5.28 Å². The van der Waals surface area contributed by atoms with Crippen molar-refractivity contribution in [2.45, 2.75) is 45.3 Å². The predicted molar refractivity (Wildman–Crippen MR) is 122 cm³/mol. The van der Waals surface area contributed by atoms with E-state index in [1.165, 1.54) is 0 Å². The summed E-state index contributed by atoms with van der Waals surface area (Å²) < 4.78 is 26.2. The summed E-state index contributed by atoms with van der Waals surface area (Å²) in [7, 11) is 1.60. The van der Waals surface area contributed by atoms with Gasteiger partial charge in [0, 0.05) is 32.1 Å². The molecule has 170 valence electrons. The third kappa shape index (κ3) is 4.88. The minimum absolute atomic E-state index is 0.0390. The number of hydrogen-bond donors (Lipinski definition) is 0. The second-order valence-corrected chi connectivity index (χ2v) is 9.83. The van der Waals surface area contributed by atoms with E-state index in [-0.39, 0.29) is 16.9 Å². The van der Waals surface area contributed by atoms with Crippen LogP contribution in [0.4, 0.5) is 15.0 Å². The van der Waals surface area contributed by atoms with Crippen LogP contribution in [0.5, 0.6) is 0 Å². The molecule has 1 saturated heterocycles. The van der Waals surface area contributed by atoms with E-state index in [1.54, 1.807) is 24.1 Å². The quantitative estimate of drug-likeness (QED) is 0.530. The SMILES string of the molecule is CC[C@]1(COC)CN(c2nc(Cl)nc3c(F)c(Br)ccc23)CCN1C(=O)OC(C)(C)C. The highest BCUT2D eigenvalue weighted by atomic mass is 79.9. The molecule has 0 bridgehead atoms. The molecule has 0 unspecified atom stereocenters. The standard InChI is InChI=1S/C21H27BrClFN4O3/c1-6-21(12-30-5)11-27(9-10-28(21)19(29)31-20(2,3)4)17-13-7-8-14(22)15(24)16(13)25-18(23)26-17/h7-8H,6,9-12H2,1-5H3/t21-/m1/s1. The van der Waals surface area contributed by atoms with Gasteiger partial charge in [-0.05, 0) is 66.9 Å². The largest absolute Gasteiger partial charge is 0.444 e. The smallest absolute Gasteiger partial charge is 0.410 e. The molecule has 1 amide bonds. The second kappa shape index (κ2) is 9.03. The van der Waals surface area contributed by atoms with Crippen LogP contribution in [0.25, 0.3) is 10.9 Å². The van der Waals surface area contributed by atoms with E-state index in [2.05, 4.69) is 25.9 Å². The molecule has 0 spiro atoms. The number of halogens is 3. The molecule has 1 atom stereocenters. The van der Waals surface area contributed by atoms with Gasteiger partial charge in [-0.3, -0.25) is 4.90 Å². The van der Waals surface area contributed by atoms with Crippen molar-refractivity contribution in [3.8, 4) is 0 Å². The summed E-state index contributed by atoms with van der Waals surface area (Å²) in [6, 6.07) is 3.38. The lowest BCUT2D eigenvalue weighted by molar-refractivity contribution is -0.0318. The minimum Gasteiger partial charge on any atom is -0.444 e. The molecule has 3 rings (SSSR count). The van der Waals surface area contributed by atoms with Crippen molar-refractivity contribution in [1.82, 2.24) is 14.9 Å². The van der Waals surface area contributed by atoms with Crippen molar-refractivity contribution in [3.05, 3.63) is 27.7 Å². The second-order valence-electron chi connectivity index (χ2n) is 8.64. The average Bonchev–Trinajstić information content (AvgIpc) is 2.69. The van der Waals surface area contributed by atoms with Gasteiger partial charge < -0.3 is 14.4 Å². The summed E-state index contributed by atoms with van der Waals surface area (Å²) in [6.07, 6.45) is 0.249. The number of methoxy groups -OCH3 is 1. The molecule has 2 aromatic rings. The zero-order valence-corrected chi connectivity index (χ0v) is 20.7. The van der Waals surface area contributed by atoms with Crippen LogP contribution in [0.2, 0.25) is 5.28 Å². The molecule has 0 N–H and O–H groups in total. The lowest BCUT2D eigenvalue weighted by Gasteiger charge is -2.50. The molecule has 1 fully saturated rings. The summed E-state index contributed by atoms with van der Waals surface area (Å²) in [6.45, 7) is 9.14. The van der Waals surface area contributed by atoms with E-state index in [0.717, 1.165) is 0 Å². The van der Waals surface area contributed by atoms with Crippen LogP contribution in [-0.2, 0) is 9.47 Å². The zero-order valence-electron chi connectivity index (χ0n) is 18.3. The Morgan fingerprint density at radius 1 is 1.32 bits per heavy atom. The Bertz CT molecular complexity index is 987. The van der Waals surface area contributed by atoms with Crippen LogP contribution in [0.1, 0.15) is 34.1 Å². The highest BCUT2D eigenvalue weighted by Crippen LogP contribution is 2.35. The summed E-state index contributed by atoms with van der Waals surface area (Å²) in [4.78, 5) is 25.2. The molecule has 31 heavy (non-hydrogen) atoms. The Hall–Kier alpha value is -1.71. The Morgan fingerprint density at radius 3 is 2.65 bits per heavy atom. The maximum absolute atomic E-state index is 14.7. The molecule has 0 saturated carbocycles. The molecule has 10 heteroatoms. The summed E-state index contributed by atoms with van der Waals surface area (Å²) in [5.41, 5.74) is -1.11. The van der Waals surface area contributed by atoms with E-state index in [0.29, 0.717) is 48.3 Å². The van der Waals surface area contributed by atoms with Crippen LogP contribution >= 0.6 is 27.5 Å². The number of rotatable bonds is 4. The molecule has 1 aliphatic heterocycles. The lowest BCUT2D eigenvalue weighted by Crippen LogP contribution is -2.66.